The van der Waals surface area contributed by atoms with Crippen LogP contribution in [0.1, 0.15) is 104 Å². The van der Waals surface area contributed by atoms with Crippen molar-refractivity contribution >= 4 is 63.9 Å². The van der Waals surface area contributed by atoms with Crippen LogP contribution >= 0.6 is 11.8 Å². The molecule has 3 aromatic rings. The molecule has 1 aromatic heterocycles. The van der Waals surface area contributed by atoms with Gasteiger partial charge in [-0.2, -0.15) is 11.8 Å². The summed E-state index contributed by atoms with van der Waals surface area (Å²) in [5.41, 5.74) is 13.0. The van der Waals surface area contributed by atoms with Crippen molar-refractivity contribution in [1.82, 2.24) is 36.5 Å². The molecule has 1 unspecified atom stereocenters. The number of aromatic amines is 1. The molecule has 0 saturated carbocycles. The second-order valence-electron chi connectivity index (χ2n) is 19.4. The van der Waals surface area contributed by atoms with Gasteiger partial charge in [0.15, 0.2) is 0 Å². The number of aryl methyl sites for hydroxylation is 1. The van der Waals surface area contributed by atoms with Gasteiger partial charge in [-0.15, -0.1) is 0 Å². The molecule has 2 aliphatic heterocycles. The molecule has 9 N–H and O–H groups in total. The molecule has 1 aliphatic carbocycles. The van der Waals surface area contributed by atoms with Crippen LogP contribution < -0.4 is 37.6 Å². The van der Waals surface area contributed by atoms with E-state index in [0.29, 0.717) is 114 Å². The maximum absolute atomic E-state index is 12.6. The molecule has 73 heavy (non-hydrogen) atoms. The number of ether oxygens (including phenoxy) is 3. The Bertz CT molecular complexity index is 2340. The standard InChI is InChI=1S/C54H79N9O9S/c1-4-46(64)59-42-14-9-13-38(36(42)2)39-21-22-41(53(55)68)51-50(39)40-20-19-37(33-43(40)60-51)34-63(3)26-8-7-23-56-48(66)17-10-18-49(67)58-25-12-28-71-30-32-72-31-29-70-27-11-24-57-47(65)16-6-5-15-45-52-44(35-73-45)61-54(69)62-52/h4,9,13-14,21-22,37,44-45,52,60H,1,5-8,10-12,15-20,23-35H2,2-3H3,(H2,55,68)(H,56,66)(H,57,65)(H,58,67)(H,59,64)(H2,61,62,69)/t37?,44-,45-,52-/m0/s1. The van der Waals surface area contributed by atoms with Crippen LogP contribution in [0.5, 0.6) is 0 Å². The number of nitrogens with two attached hydrogens (primary N) is 1. The van der Waals surface area contributed by atoms with E-state index in [1.807, 2.05) is 43.0 Å². The highest BCUT2D eigenvalue weighted by Crippen LogP contribution is 2.41. The van der Waals surface area contributed by atoms with Crippen molar-refractivity contribution in [3.8, 4) is 11.1 Å². The number of hydrogen-bond acceptors (Lipinski definition) is 11. The number of nitrogens with zero attached hydrogens (tertiary/aromatic N) is 1. The summed E-state index contributed by atoms with van der Waals surface area (Å²) in [6, 6.07) is 9.95. The van der Waals surface area contributed by atoms with Crippen LogP contribution in [0.15, 0.2) is 43.0 Å². The van der Waals surface area contributed by atoms with Gasteiger partial charge in [-0.3, -0.25) is 24.0 Å². The number of urea groups is 1. The highest BCUT2D eigenvalue weighted by Gasteiger charge is 2.42. The summed E-state index contributed by atoms with van der Waals surface area (Å²) < 4.78 is 16.8. The molecule has 2 fully saturated rings. The zero-order valence-corrected chi connectivity index (χ0v) is 43.8. The Morgan fingerprint density at radius 1 is 0.808 bits per heavy atom. The van der Waals surface area contributed by atoms with Crippen molar-refractivity contribution in [3.05, 3.63) is 65.4 Å². The van der Waals surface area contributed by atoms with Crippen LogP contribution in [0.25, 0.3) is 22.0 Å². The van der Waals surface area contributed by atoms with E-state index in [2.05, 4.69) is 55.4 Å². The fourth-order valence-electron chi connectivity index (χ4n) is 10.0. The summed E-state index contributed by atoms with van der Waals surface area (Å²) in [5, 5.41) is 19.2. The molecular formula is C54H79N9O9S. The van der Waals surface area contributed by atoms with Crippen LogP contribution in [-0.4, -0.2) is 148 Å². The first-order valence-corrected chi connectivity index (χ1v) is 27.4. The second kappa shape index (κ2) is 30.0. The van der Waals surface area contributed by atoms with E-state index in [1.165, 1.54) is 11.6 Å². The van der Waals surface area contributed by atoms with Gasteiger partial charge in [0.05, 0.1) is 49.6 Å². The summed E-state index contributed by atoms with van der Waals surface area (Å²) >= 11 is 1.90. The van der Waals surface area contributed by atoms with Crippen LogP contribution in [-0.2, 0) is 46.2 Å². The molecule has 3 heterocycles. The number of anilines is 1. The van der Waals surface area contributed by atoms with E-state index >= 15 is 0 Å². The van der Waals surface area contributed by atoms with Crippen molar-refractivity contribution in [2.75, 3.05) is 90.5 Å². The summed E-state index contributed by atoms with van der Waals surface area (Å²) in [6.07, 6.45) is 11.7. The first-order valence-electron chi connectivity index (χ1n) is 26.3. The summed E-state index contributed by atoms with van der Waals surface area (Å²) in [4.78, 5) is 79.0. The van der Waals surface area contributed by atoms with E-state index in [4.69, 9.17) is 19.9 Å². The van der Waals surface area contributed by atoms with Gasteiger partial charge in [0, 0.05) is 86.4 Å². The molecule has 18 nitrogen and oxygen atoms in total. The number of rotatable bonds is 34. The zero-order valence-electron chi connectivity index (χ0n) is 43.0. The van der Waals surface area contributed by atoms with Crippen molar-refractivity contribution in [2.45, 2.75) is 114 Å². The molecule has 2 aromatic carbocycles. The maximum atomic E-state index is 12.6. The number of unbranched alkanes of at least 4 members (excludes halogenated alkanes) is 2. The van der Waals surface area contributed by atoms with Crippen molar-refractivity contribution in [3.63, 3.8) is 0 Å². The average molecular weight is 1030 g/mol. The number of aromatic nitrogens is 1. The Morgan fingerprint density at radius 2 is 1.47 bits per heavy atom. The van der Waals surface area contributed by atoms with E-state index in [-0.39, 0.29) is 41.7 Å². The Balaban J connectivity index is 0.717. The van der Waals surface area contributed by atoms with Crippen molar-refractivity contribution in [2.24, 2.45) is 11.7 Å². The quantitative estimate of drug-likeness (QED) is 0.0218. The fraction of sp³-hybridized carbons (Fsp3) is 0.593. The van der Waals surface area contributed by atoms with Crippen LogP contribution in [0.2, 0.25) is 0 Å². The molecule has 0 radical (unpaired) electrons. The van der Waals surface area contributed by atoms with Crippen molar-refractivity contribution in [1.29, 1.82) is 0 Å². The lowest BCUT2D eigenvalue weighted by Gasteiger charge is -2.27. The topological polar surface area (TPSA) is 247 Å². The third-order valence-corrected chi connectivity index (χ3v) is 15.4. The third-order valence-electron chi connectivity index (χ3n) is 13.8. The number of amides is 7. The summed E-state index contributed by atoms with van der Waals surface area (Å²) in [6.45, 7) is 12.0. The number of H-pyrrole nitrogens is 1. The van der Waals surface area contributed by atoms with Gasteiger partial charge < -0.3 is 61.7 Å². The largest absolute Gasteiger partial charge is 0.379 e. The first kappa shape index (κ1) is 56.8. The Labute approximate surface area is 434 Å². The van der Waals surface area contributed by atoms with Gasteiger partial charge in [0.2, 0.25) is 23.6 Å². The van der Waals surface area contributed by atoms with Crippen LogP contribution in [0, 0.1) is 12.8 Å². The lowest BCUT2D eigenvalue weighted by Crippen LogP contribution is -2.36. The lowest BCUT2D eigenvalue weighted by molar-refractivity contribution is -0.123. The van der Waals surface area contributed by atoms with E-state index in [0.717, 1.165) is 110 Å². The smallest absolute Gasteiger partial charge is 0.315 e. The molecule has 0 spiro atoms. The van der Waals surface area contributed by atoms with Gasteiger partial charge in [0.1, 0.15) is 0 Å². The van der Waals surface area contributed by atoms with Gasteiger partial charge in [-0.05, 0) is 131 Å². The molecule has 6 rings (SSSR count). The highest BCUT2D eigenvalue weighted by molar-refractivity contribution is 8.00. The van der Waals surface area contributed by atoms with E-state index < -0.39 is 5.91 Å². The van der Waals surface area contributed by atoms with Gasteiger partial charge >= 0.3 is 6.03 Å². The predicted molar refractivity (Wildman–Crippen MR) is 287 cm³/mol. The minimum Gasteiger partial charge on any atom is -0.379 e. The Morgan fingerprint density at radius 3 is 2.14 bits per heavy atom. The molecule has 2 saturated heterocycles. The lowest BCUT2D eigenvalue weighted by atomic mass is 9.84. The molecule has 7 amide bonds. The molecular weight excluding hydrogens is 951 g/mol. The third kappa shape index (κ3) is 17.9. The number of primary amides is 1. The fourth-order valence-corrected chi connectivity index (χ4v) is 11.5. The number of fused-ring (bicyclic) bond motifs is 4. The first-order chi connectivity index (χ1) is 35.4. The van der Waals surface area contributed by atoms with Gasteiger partial charge in [-0.25, -0.2) is 4.79 Å². The van der Waals surface area contributed by atoms with Gasteiger partial charge in [0.25, 0.3) is 5.91 Å². The number of carbonyl (C=O) groups is 6. The summed E-state index contributed by atoms with van der Waals surface area (Å²) in [7, 11) is 2.14. The summed E-state index contributed by atoms with van der Waals surface area (Å²) in [5.74, 6) is 0.584. The van der Waals surface area contributed by atoms with Crippen molar-refractivity contribution < 1.29 is 43.0 Å². The maximum Gasteiger partial charge on any atom is 0.315 e. The SMILES string of the molecule is C=CC(=O)Nc1cccc(-c2ccc(C(N)=O)c3[nH]c4c(c23)CCC(CN(C)CCCCNC(=O)CCCC(=O)NCCCOCCOCCOCCCNC(=O)CCCC[C@@H]2SC[C@@H]3NC(=O)N[C@@H]32)C4)c1C. The average Bonchev–Trinajstić information content (AvgIpc) is 4.06. The molecule has 19 heteroatoms. The molecule has 3 aliphatic rings. The number of hydrogen-bond donors (Lipinski definition) is 8. The second-order valence-corrected chi connectivity index (χ2v) is 20.7. The number of carbonyl (C=O) groups excluding carboxylic acids is 6. The zero-order chi connectivity index (χ0) is 52.0. The van der Waals surface area contributed by atoms with Crippen LogP contribution in [0.4, 0.5) is 10.5 Å². The Hall–Kier alpha value is -5.47. The number of benzene rings is 2. The normalized spacial score (nSPS) is 17.9. The highest BCUT2D eigenvalue weighted by atomic mass is 32.2. The number of nitrogens with one attached hydrogen (secondary N) is 7. The molecule has 0 bridgehead atoms. The molecule has 400 valence electrons. The van der Waals surface area contributed by atoms with E-state index in [1.54, 1.807) is 6.07 Å². The monoisotopic (exact) mass is 1030 g/mol. The van der Waals surface area contributed by atoms with Crippen LogP contribution in [0.3, 0.4) is 0 Å². The minimum atomic E-state index is -0.479. The van der Waals surface area contributed by atoms with Gasteiger partial charge in [-0.1, -0.05) is 31.2 Å². The number of thioether (sulfide) groups is 1. The molecule has 4 atom stereocenters. The van der Waals surface area contributed by atoms with E-state index in [9.17, 15) is 28.8 Å². The predicted octanol–water partition coefficient (Wildman–Crippen LogP) is 5.26. The Kier molecular flexibility index (Phi) is 23.4. The minimum absolute atomic E-state index is 0.0403.